The van der Waals surface area contributed by atoms with Crippen molar-refractivity contribution in [2.45, 2.75) is 6.92 Å². The second-order valence-electron chi connectivity index (χ2n) is 4.48. The van der Waals surface area contributed by atoms with Gasteiger partial charge in [-0.05, 0) is 25.1 Å². The van der Waals surface area contributed by atoms with Crippen molar-refractivity contribution in [3.8, 4) is 0 Å². The Labute approximate surface area is 123 Å². The number of fused-ring (bicyclic) bond motifs is 1. The molecule has 0 bridgehead atoms. The standard InChI is InChI=1S/C14H12F2N4S/c1-7-5-9-12(19-14(17-2)20-13(9)21-7)18-8-3-4-10(15)11(16)6-8/h3-6H,1-2H3,(H2,17,18,19,20). The molecule has 0 atom stereocenters. The van der Waals surface area contributed by atoms with Gasteiger partial charge in [0.15, 0.2) is 11.6 Å². The normalized spacial score (nSPS) is 10.9. The number of nitrogens with one attached hydrogen (secondary N) is 2. The summed E-state index contributed by atoms with van der Waals surface area (Å²) in [7, 11) is 1.73. The van der Waals surface area contributed by atoms with E-state index in [1.165, 1.54) is 6.07 Å². The van der Waals surface area contributed by atoms with Gasteiger partial charge in [0.25, 0.3) is 0 Å². The summed E-state index contributed by atoms with van der Waals surface area (Å²) in [6, 6.07) is 5.60. The van der Waals surface area contributed by atoms with Crippen molar-refractivity contribution < 1.29 is 8.78 Å². The molecular formula is C14H12F2N4S. The first-order chi connectivity index (χ1) is 10.1. The molecule has 3 rings (SSSR count). The van der Waals surface area contributed by atoms with E-state index in [2.05, 4.69) is 20.6 Å². The lowest BCUT2D eigenvalue weighted by Crippen LogP contribution is -2.01. The molecule has 4 nitrogen and oxygen atoms in total. The van der Waals surface area contributed by atoms with Crippen LogP contribution >= 0.6 is 11.3 Å². The van der Waals surface area contributed by atoms with Crippen molar-refractivity contribution in [1.29, 1.82) is 0 Å². The molecule has 0 unspecified atom stereocenters. The first-order valence-electron chi connectivity index (χ1n) is 6.25. The third kappa shape index (κ3) is 2.64. The lowest BCUT2D eigenvalue weighted by molar-refractivity contribution is 0.509. The number of aromatic nitrogens is 2. The topological polar surface area (TPSA) is 49.8 Å². The predicted molar refractivity (Wildman–Crippen MR) is 81.3 cm³/mol. The van der Waals surface area contributed by atoms with Crippen LogP contribution in [0.25, 0.3) is 10.2 Å². The van der Waals surface area contributed by atoms with Gasteiger partial charge in [0.1, 0.15) is 10.6 Å². The van der Waals surface area contributed by atoms with E-state index < -0.39 is 11.6 Å². The second-order valence-corrected chi connectivity index (χ2v) is 5.71. The minimum absolute atomic E-state index is 0.430. The van der Waals surface area contributed by atoms with Crippen LogP contribution in [0.1, 0.15) is 4.88 Å². The van der Waals surface area contributed by atoms with Crippen molar-refractivity contribution in [3.63, 3.8) is 0 Å². The molecule has 7 heteroatoms. The van der Waals surface area contributed by atoms with E-state index in [-0.39, 0.29) is 0 Å². The summed E-state index contributed by atoms with van der Waals surface area (Å²) in [4.78, 5) is 10.6. The summed E-state index contributed by atoms with van der Waals surface area (Å²) in [5, 5.41) is 6.75. The summed E-state index contributed by atoms with van der Waals surface area (Å²) >= 11 is 1.55. The molecule has 0 aliphatic rings. The molecule has 0 saturated heterocycles. The van der Waals surface area contributed by atoms with Gasteiger partial charge in [-0.15, -0.1) is 11.3 Å². The van der Waals surface area contributed by atoms with Crippen LogP contribution in [-0.2, 0) is 0 Å². The Balaban J connectivity index is 2.07. The molecule has 1 aromatic carbocycles. The number of thiophene rings is 1. The van der Waals surface area contributed by atoms with E-state index in [0.717, 1.165) is 27.2 Å². The van der Waals surface area contributed by atoms with E-state index in [0.29, 0.717) is 17.5 Å². The number of benzene rings is 1. The maximum Gasteiger partial charge on any atom is 0.225 e. The first-order valence-corrected chi connectivity index (χ1v) is 7.06. The van der Waals surface area contributed by atoms with Crippen molar-refractivity contribution in [2.24, 2.45) is 0 Å². The lowest BCUT2D eigenvalue weighted by atomic mass is 10.3. The zero-order valence-electron chi connectivity index (χ0n) is 11.4. The fourth-order valence-electron chi connectivity index (χ4n) is 1.96. The zero-order valence-corrected chi connectivity index (χ0v) is 12.2. The minimum Gasteiger partial charge on any atom is -0.357 e. The van der Waals surface area contributed by atoms with Crippen LogP contribution < -0.4 is 10.6 Å². The van der Waals surface area contributed by atoms with E-state index >= 15 is 0 Å². The molecule has 2 N–H and O–H groups in total. The third-order valence-corrected chi connectivity index (χ3v) is 3.87. The molecule has 0 spiro atoms. The minimum atomic E-state index is -0.902. The highest BCUT2D eigenvalue weighted by atomic mass is 32.1. The van der Waals surface area contributed by atoms with Crippen molar-refractivity contribution in [3.05, 3.63) is 40.8 Å². The molecule has 21 heavy (non-hydrogen) atoms. The quantitative estimate of drug-likeness (QED) is 0.766. The highest BCUT2D eigenvalue weighted by Gasteiger charge is 2.11. The molecule has 3 aromatic rings. The van der Waals surface area contributed by atoms with Gasteiger partial charge < -0.3 is 10.6 Å². The Morgan fingerprint density at radius 2 is 1.90 bits per heavy atom. The number of halogens is 2. The van der Waals surface area contributed by atoms with Crippen LogP contribution in [0, 0.1) is 18.6 Å². The first kappa shape index (κ1) is 13.7. The van der Waals surface area contributed by atoms with Crippen LogP contribution in [0.5, 0.6) is 0 Å². The van der Waals surface area contributed by atoms with Crippen LogP contribution in [0.3, 0.4) is 0 Å². The maximum atomic E-state index is 13.3. The fourth-order valence-corrected chi connectivity index (χ4v) is 2.84. The van der Waals surface area contributed by atoms with Gasteiger partial charge in [-0.3, -0.25) is 0 Å². The predicted octanol–water partition coefficient (Wildman–Crippen LogP) is 4.06. The van der Waals surface area contributed by atoms with Gasteiger partial charge >= 0.3 is 0 Å². The van der Waals surface area contributed by atoms with Crippen molar-refractivity contribution >= 4 is 39.0 Å². The van der Waals surface area contributed by atoms with E-state index in [1.807, 2.05) is 13.0 Å². The second kappa shape index (κ2) is 5.25. The molecular weight excluding hydrogens is 294 g/mol. The van der Waals surface area contributed by atoms with Gasteiger partial charge in [-0.2, -0.15) is 4.98 Å². The van der Waals surface area contributed by atoms with Crippen LogP contribution in [0.15, 0.2) is 24.3 Å². The Morgan fingerprint density at radius 3 is 2.62 bits per heavy atom. The lowest BCUT2D eigenvalue weighted by Gasteiger charge is -2.08. The summed E-state index contributed by atoms with van der Waals surface area (Å²) < 4.78 is 26.3. The molecule has 0 saturated carbocycles. The Morgan fingerprint density at radius 1 is 1.10 bits per heavy atom. The Kier molecular flexibility index (Phi) is 3.42. The number of hydrogen-bond acceptors (Lipinski definition) is 5. The molecule has 0 aliphatic carbocycles. The van der Waals surface area contributed by atoms with E-state index in [9.17, 15) is 8.78 Å². The highest BCUT2D eigenvalue weighted by molar-refractivity contribution is 7.18. The Bertz CT molecular complexity index is 816. The monoisotopic (exact) mass is 306 g/mol. The summed E-state index contributed by atoms with van der Waals surface area (Å²) in [6.45, 7) is 1.98. The van der Waals surface area contributed by atoms with Gasteiger partial charge in [-0.1, -0.05) is 0 Å². The smallest absolute Gasteiger partial charge is 0.225 e. The molecule has 2 aromatic heterocycles. The average molecular weight is 306 g/mol. The summed E-state index contributed by atoms with van der Waals surface area (Å²) in [5.74, 6) is -0.759. The number of aryl methyl sites for hydroxylation is 1. The molecule has 0 amide bonds. The maximum absolute atomic E-state index is 13.3. The van der Waals surface area contributed by atoms with Gasteiger partial charge in [0.05, 0.1) is 5.39 Å². The molecule has 0 aliphatic heterocycles. The van der Waals surface area contributed by atoms with E-state index in [4.69, 9.17) is 0 Å². The number of nitrogens with zero attached hydrogens (tertiary/aromatic N) is 2. The third-order valence-electron chi connectivity index (χ3n) is 2.92. The fraction of sp³-hybridized carbons (Fsp3) is 0.143. The van der Waals surface area contributed by atoms with Crippen LogP contribution in [0.4, 0.5) is 26.2 Å². The highest BCUT2D eigenvalue weighted by Crippen LogP contribution is 2.31. The molecule has 2 heterocycles. The average Bonchev–Trinajstić information content (AvgIpc) is 2.83. The van der Waals surface area contributed by atoms with E-state index in [1.54, 1.807) is 18.4 Å². The number of rotatable bonds is 3. The van der Waals surface area contributed by atoms with Crippen molar-refractivity contribution in [2.75, 3.05) is 17.7 Å². The summed E-state index contributed by atoms with van der Waals surface area (Å²) in [6.07, 6.45) is 0. The van der Waals surface area contributed by atoms with Gasteiger partial charge in [0, 0.05) is 23.7 Å². The SMILES string of the molecule is CNc1nc(Nc2ccc(F)c(F)c2)c2cc(C)sc2n1. The molecule has 0 radical (unpaired) electrons. The molecule has 0 fully saturated rings. The Hall–Kier alpha value is -2.28. The molecule has 108 valence electrons. The summed E-state index contributed by atoms with van der Waals surface area (Å²) in [5.41, 5.74) is 0.430. The van der Waals surface area contributed by atoms with Gasteiger partial charge in [0.2, 0.25) is 5.95 Å². The number of anilines is 3. The number of hydrogen-bond donors (Lipinski definition) is 2. The zero-order chi connectivity index (χ0) is 15.0. The van der Waals surface area contributed by atoms with Crippen LogP contribution in [0.2, 0.25) is 0 Å². The van der Waals surface area contributed by atoms with Gasteiger partial charge in [-0.25, -0.2) is 13.8 Å². The largest absolute Gasteiger partial charge is 0.357 e. The van der Waals surface area contributed by atoms with Crippen LogP contribution in [-0.4, -0.2) is 17.0 Å². The van der Waals surface area contributed by atoms with Crippen molar-refractivity contribution in [1.82, 2.24) is 9.97 Å².